The molecule has 2 heterocycles. The maximum atomic E-state index is 12.9. The van der Waals surface area contributed by atoms with Crippen LogP contribution in [0.5, 0.6) is 0 Å². The highest BCUT2D eigenvalue weighted by Gasteiger charge is 2.32. The van der Waals surface area contributed by atoms with Crippen molar-refractivity contribution in [3.8, 4) is 0 Å². The van der Waals surface area contributed by atoms with Crippen molar-refractivity contribution < 1.29 is 17.6 Å². The highest BCUT2D eigenvalue weighted by molar-refractivity contribution is 7.89. The monoisotopic (exact) mass is 466 g/mol. The van der Waals surface area contributed by atoms with Gasteiger partial charge in [-0.25, -0.2) is 8.42 Å². The molecule has 1 aliphatic rings. The first-order chi connectivity index (χ1) is 14.3. The van der Waals surface area contributed by atoms with Crippen molar-refractivity contribution in [3.05, 3.63) is 74.6 Å². The molecule has 4 rings (SSSR count). The van der Waals surface area contributed by atoms with E-state index in [0.717, 1.165) is 0 Å². The van der Waals surface area contributed by atoms with Crippen LogP contribution in [0.2, 0.25) is 10.0 Å². The summed E-state index contributed by atoms with van der Waals surface area (Å²) in [4.78, 5) is 26.4. The van der Waals surface area contributed by atoms with E-state index in [9.17, 15) is 18.0 Å². The molecule has 1 saturated heterocycles. The Morgan fingerprint density at radius 1 is 0.967 bits per heavy atom. The minimum Gasteiger partial charge on any atom is -0.451 e. The number of fused-ring (bicyclic) bond motifs is 1. The van der Waals surface area contributed by atoms with Gasteiger partial charge in [0.25, 0.3) is 5.91 Å². The van der Waals surface area contributed by atoms with Crippen molar-refractivity contribution >= 4 is 50.1 Å². The van der Waals surface area contributed by atoms with E-state index in [-0.39, 0.29) is 52.3 Å². The summed E-state index contributed by atoms with van der Waals surface area (Å²) in [7, 11) is -3.86. The molecule has 0 atom stereocenters. The van der Waals surface area contributed by atoms with Gasteiger partial charge in [-0.1, -0.05) is 41.4 Å². The second-order valence-corrected chi connectivity index (χ2v) is 9.41. The number of amides is 1. The molecule has 1 aromatic heterocycles. The van der Waals surface area contributed by atoms with Gasteiger partial charge in [-0.3, -0.25) is 9.59 Å². The minimum absolute atomic E-state index is 0.0318. The van der Waals surface area contributed by atoms with E-state index in [1.54, 1.807) is 24.3 Å². The molecule has 156 valence electrons. The number of para-hydroxylation sites is 1. The predicted molar refractivity (Wildman–Crippen MR) is 114 cm³/mol. The summed E-state index contributed by atoms with van der Waals surface area (Å²) in [6.07, 6.45) is 0. The molecule has 0 aliphatic carbocycles. The highest BCUT2D eigenvalue weighted by atomic mass is 35.5. The van der Waals surface area contributed by atoms with Crippen LogP contribution >= 0.6 is 23.2 Å². The number of carbonyl (C=O) groups excluding carboxylic acids is 1. The number of sulfonamides is 1. The van der Waals surface area contributed by atoms with Gasteiger partial charge < -0.3 is 9.32 Å². The summed E-state index contributed by atoms with van der Waals surface area (Å²) in [5, 5.41) is 0.511. The van der Waals surface area contributed by atoms with E-state index >= 15 is 0 Å². The predicted octanol–water partition coefficient (Wildman–Crippen LogP) is 3.25. The van der Waals surface area contributed by atoms with Crippen LogP contribution < -0.4 is 5.43 Å². The van der Waals surface area contributed by atoms with Gasteiger partial charge in [0.15, 0.2) is 11.2 Å². The molecule has 0 radical (unpaired) electrons. The normalized spacial score (nSPS) is 15.5. The molecular weight excluding hydrogens is 451 g/mol. The smallest absolute Gasteiger partial charge is 0.289 e. The summed E-state index contributed by atoms with van der Waals surface area (Å²) >= 11 is 12.0. The van der Waals surface area contributed by atoms with Gasteiger partial charge in [-0.15, -0.1) is 0 Å². The maximum absolute atomic E-state index is 12.9. The van der Waals surface area contributed by atoms with Gasteiger partial charge in [0.05, 0.1) is 15.4 Å². The molecule has 0 saturated carbocycles. The molecule has 3 aromatic rings. The second-order valence-electron chi connectivity index (χ2n) is 6.72. The Morgan fingerprint density at radius 2 is 1.67 bits per heavy atom. The molecule has 1 fully saturated rings. The fraction of sp³-hybridized carbons (Fsp3) is 0.200. The van der Waals surface area contributed by atoms with Gasteiger partial charge in [0.2, 0.25) is 10.0 Å². The second kappa shape index (κ2) is 8.03. The average molecular weight is 467 g/mol. The Balaban J connectivity index is 1.53. The van der Waals surface area contributed by atoms with E-state index in [4.69, 9.17) is 27.6 Å². The summed E-state index contributed by atoms with van der Waals surface area (Å²) in [6, 6.07) is 12.3. The molecule has 0 spiro atoms. The number of hydrogen-bond donors (Lipinski definition) is 0. The van der Waals surface area contributed by atoms with Crippen molar-refractivity contribution in [1.29, 1.82) is 0 Å². The number of piperazine rings is 1. The maximum Gasteiger partial charge on any atom is 0.289 e. The zero-order valence-corrected chi connectivity index (χ0v) is 17.9. The van der Waals surface area contributed by atoms with Crippen LogP contribution in [0.4, 0.5) is 0 Å². The van der Waals surface area contributed by atoms with E-state index in [1.165, 1.54) is 33.5 Å². The van der Waals surface area contributed by atoms with Crippen LogP contribution in [-0.2, 0) is 10.0 Å². The van der Waals surface area contributed by atoms with Gasteiger partial charge >= 0.3 is 0 Å². The lowest BCUT2D eigenvalue weighted by atomic mass is 10.2. The van der Waals surface area contributed by atoms with Crippen LogP contribution in [0.25, 0.3) is 11.0 Å². The first kappa shape index (κ1) is 20.9. The fourth-order valence-corrected chi connectivity index (χ4v) is 5.48. The Labute approximate surface area is 182 Å². The first-order valence-corrected chi connectivity index (χ1v) is 11.2. The van der Waals surface area contributed by atoms with Crippen LogP contribution in [0, 0.1) is 0 Å². The zero-order valence-electron chi connectivity index (χ0n) is 15.5. The van der Waals surface area contributed by atoms with Gasteiger partial charge in [-0.05, 0) is 24.3 Å². The van der Waals surface area contributed by atoms with Crippen molar-refractivity contribution in [3.63, 3.8) is 0 Å². The number of hydrogen-bond acceptors (Lipinski definition) is 5. The van der Waals surface area contributed by atoms with E-state index in [0.29, 0.717) is 11.0 Å². The molecule has 1 aliphatic heterocycles. The quantitative estimate of drug-likeness (QED) is 0.590. The molecule has 0 unspecified atom stereocenters. The van der Waals surface area contributed by atoms with Gasteiger partial charge in [0, 0.05) is 32.2 Å². The topological polar surface area (TPSA) is 87.9 Å². The van der Waals surface area contributed by atoms with Gasteiger partial charge in [-0.2, -0.15) is 4.31 Å². The Bertz CT molecular complexity index is 1300. The third kappa shape index (κ3) is 3.72. The lowest BCUT2D eigenvalue weighted by molar-refractivity contribution is 0.0666. The summed E-state index contributed by atoms with van der Waals surface area (Å²) in [5.74, 6) is -0.538. The van der Waals surface area contributed by atoms with E-state index < -0.39 is 15.9 Å². The summed E-state index contributed by atoms with van der Waals surface area (Å²) in [6.45, 7) is 0.447. The van der Waals surface area contributed by atoms with Crippen molar-refractivity contribution in [2.75, 3.05) is 26.2 Å². The lowest BCUT2D eigenvalue weighted by Crippen LogP contribution is -2.50. The Morgan fingerprint density at radius 3 is 2.40 bits per heavy atom. The van der Waals surface area contributed by atoms with Crippen LogP contribution in [0.15, 0.2) is 62.6 Å². The van der Waals surface area contributed by atoms with Crippen LogP contribution in [0.3, 0.4) is 0 Å². The lowest BCUT2D eigenvalue weighted by Gasteiger charge is -2.33. The molecule has 0 N–H and O–H groups in total. The molecular formula is C20H16Cl2N2O5S. The van der Waals surface area contributed by atoms with Crippen LogP contribution in [0.1, 0.15) is 10.6 Å². The van der Waals surface area contributed by atoms with Gasteiger partial charge in [0.1, 0.15) is 10.5 Å². The molecule has 30 heavy (non-hydrogen) atoms. The van der Waals surface area contributed by atoms with Crippen LogP contribution in [-0.4, -0.2) is 49.7 Å². The standard InChI is InChI=1S/C20H16Cl2N2O5S/c21-14-5-3-7-18(19(14)22)30(27,28)24-10-8-23(9-11-24)20(26)17-12-15(25)13-4-1-2-6-16(13)29-17/h1-7,12H,8-11H2. The molecule has 0 bridgehead atoms. The number of benzene rings is 2. The summed E-state index contributed by atoms with van der Waals surface area (Å²) in [5.41, 5.74) is 0.0159. The Hall–Kier alpha value is -2.39. The molecule has 10 heteroatoms. The third-order valence-electron chi connectivity index (χ3n) is 4.91. The third-order valence-corrected chi connectivity index (χ3v) is 7.78. The molecule has 2 aromatic carbocycles. The Kier molecular flexibility index (Phi) is 5.59. The first-order valence-electron chi connectivity index (χ1n) is 9.05. The van der Waals surface area contributed by atoms with E-state index in [2.05, 4.69) is 0 Å². The highest BCUT2D eigenvalue weighted by Crippen LogP contribution is 2.31. The average Bonchev–Trinajstić information content (AvgIpc) is 2.75. The SMILES string of the molecule is O=C(c1cc(=O)c2ccccc2o1)N1CCN(S(=O)(=O)c2cccc(Cl)c2Cl)CC1. The number of nitrogens with zero attached hydrogens (tertiary/aromatic N) is 2. The van der Waals surface area contributed by atoms with Crippen molar-refractivity contribution in [1.82, 2.24) is 9.21 Å². The van der Waals surface area contributed by atoms with E-state index in [1.807, 2.05) is 0 Å². The number of carbonyl (C=O) groups is 1. The fourth-order valence-electron chi connectivity index (χ4n) is 3.32. The van der Waals surface area contributed by atoms with Crippen molar-refractivity contribution in [2.24, 2.45) is 0 Å². The zero-order chi connectivity index (χ0) is 21.5. The largest absolute Gasteiger partial charge is 0.451 e. The molecule has 1 amide bonds. The summed E-state index contributed by atoms with van der Waals surface area (Å²) < 4.78 is 32.7. The van der Waals surface area contributed by atoms with Crippen molar-refractivity contribution in [2.45, 2.75) is 4.90 Å². The molecule has 7 nitrogen and oxygen atoms in total. The number of halogens is 2. The number of rotatable bonds is 3. The minimum atomic E-state index is -3.86.